The maximum absolute atomic E-state index is 17.5. The molecule has 3 aromatic carbocycles. The summed E-state index contributed by atoms with van der Waals surface area (Å²) in [4.78, 5) is 14.7. The average molecular weight is 680 g/mol. The number of phenols is 1. The zero-order chi connectivity index (χ0) is 34.3. The van der Waals surface area contributed by atoms with E-state index < -0.39 is 11.6 Å². The molecule has 5 aliphatic rings. The molecule has 4 unspecified atom stereocenters. The number of rotatable bonds is 8. The van der Waals surface area contributed by atoms with E-state index in [0.717, 1.165) is 58.5 Å². The van der Waals surface area contributed by atoms with Gasteiger partial charge in [-0.15, -0.1) is 6.42 Å². The quantitative estimate of drug-likeness (QED) is 0.204. The summed E-state index contributed by atoms with van der Waals surface area (Å²) in [5.74, 6) is 1.81. The molecule has 9 rings (SSSR count). The first-order chi connectivity index (χ1) is 24.2. The van der Waals surface area contributed by atoms with Crippen LogP contribution in [0, 0.1) is 29.4 Å². The van der Waals surface area contributed by atoms with E-state index in [-0.39, 0.29) is 39.7 Å². The molecule has 2 N–H and O–H groups in total. The van der Waals surface area contributed by atoms with E-state index in [0.29, 0.717) is 63.9 Å². The molecule has 5 heterocycles. The largest absolute Gasteiger partial charge is 0.508 e. The van der Waals surface area contributed by atoms with E-state index in [9.17, 15) is 5.11 Å². The van der Waals surface area contributed by atoms with Crippen molar-refractivity contribution in [2.45, 2.75) is 82.5 Å². The van der Waals surface area contributed by atoms with Gasteiger partial charge in [-0.3, -0.25) is 4.90 Å². The average Bonchev–Trinajstić information content (AvgIpc) is 3.75. The maximum atomic E-state index is 17.5. The van der Waals surface area contributed by atoms with Crippen LogP contribution in [0.1, 0.15) is 69.4 Å². The molecule has 260 valence electrons. The lowest BCUT2D eigenvalue weighted by Crippen LogP contribution is -2.51. The molecule has 8 nitrogen and oxygen atoms in total. The molecule has 0 radical (unpaired) electrons. The first kappa shape index (κ1) is 31.9. The lowest BCUT2D eigenvalue weighted by molar-refractivity contribution is -0.0271. The van der Waals surface area contributed by atoms with Crippen LogP contribution in [0.15, 0.2) is 30.3 Å². The Balaban J connectivity index is 1.18. The lowest BCUT2D eigenvalue weighted by Gasteiger charge is -2.37. The van der Waals surface area contributed by atoms with E-state index in [4.69, 9.17) is 25.9 Å². The van der Waals surface area contributed by atoms with Crippen LogP contribution in [0.25, 0.3) is 32.8 Å². The van der Waals surface area contributed by atoms with Crippen molar-refractivity contribution >= 4 is 27.5 Å². The summed E-state index contributed by atoms with van der Waals surface area (Å²) in [6.45, 7) is 8.52. The minimum absolute atomic E-state index is 0.0200. The van der Waals surface area contributed by atoms with Gasteiger partial charge >= 0.3 is 6.01 Å². The Kier molecular flexibility index (Phi) is 7.68. The number of nitrogens with one attached hydrogen (secondary N) is 1. The van der Waals surface area contributed by atoms with Crippen LogP contribution < -0.4 is 15.0 Å². The first-order valence-electron chi connectivity index (χ1n) is 18.1. The predicted molar refractivity (Wildman–Crippen MR) is 190 cm³/mol. The number of halogens is 2. The van der Waals surface area contributed by atoms with Gasteiger partial charge in [0.1, 0.15) is 22.9 Å². The number of fused-ring (bicyclic) bond motifs is 6. The van der Waals surface area contributed by atoms with Gasteiger partial charge in [0.25, 0.3) is 0 Å². The number of benzene rings is 3. The van der Waals surface area contributed by atoms with Crippen molar-refractivity contribution in [1.29, 1.82) is 0 Å². The van der Waals surface area contributed by atoms with Gasteiger partial charge in [0.15, 0.2) is 5.82 Å². The molecule has 50 heavy (non-hydrogen) atoms. The number of terminal acetylenes is 1. The zero-order valence-corrected chi connectivity index (χ0v) is 28.6. The van der Waals surface area contributed by atoms with Crippen LogP contribution in [-0.2, 0) is 4.74 Å². The van der Waals surface area contributed by atoms with Crippen LogP contribution in [0.5, 0.6) is 11.8 Å². The summed E-state index contributed by atoms with van der Waals surface area (Å²) < 4.78 is 45.0. The van der Waals surface area contributed by atoms with E-state index in [1.165, 1.54) is 31.0 Å². The SMILES string of the molecule is C#Cc1c(F)ccc2cc(O)cc(-c3c(C(C)C)cc4c(N5CC6CCC(C5)N6)nc(OCC5(CN6C7CCC6COC7)CC5)nc4c3F)c12. The molecule has 0 amide bonds. The Morgan fingerprint density at radius 2 is 1.80 bits per heavy atom. The second kappa shape index (κ2) is 12.0. The maximum Gasteiger partial charge on any atom is 0.319 e. The number of anilines is 1. The number of aromatic nitrogens is 2. The molecule has 4 aromatic rings. The van der Waals surface area contributed by atoms with Crippen molar-refractivity contribution in [2.75, 3.05) is 44.4 Å². The molecule has 0 spiro atoms. The Morgan fingerprint density at radius 3 is 2.48 bits per heavy atom. The molecular weight excluding hydrogens is 636 g/mol. The van der Waals surface area contributed by atoms with Crippen LogP contribution in [0.4, 0.5) is 14.6 Å². The minimum Gasteiger partial charge on any atom is -0.508 e. The van der Waals surface area contributed by atoms with Gasteiger partial charge < -0.3 is 24.8 Å². The highest BCUT2D eigenvalue weighted by atomic mass is 19.1. The number of phenolic OH excluding ortho intramolecular Hbond substituents is 1. The normalized spacial score (nSPS) is 25.5. The molecule has 1 aromatic heterocycles. The molecule has 4 atom stereocenters. The van der Waals surface area contributed by atoms with Gasteiger partial charge in [0, 0.05) is 65.6 Å². The number of piperazine rings is 1. The number of morpholine rings is 1. The molecule has 10 heteroatoms. The van der Waals surface area contributed by atoms with Crippen molar-refractivity contribution < 1.29 is 23.4 Å². The summed E-state index contributed by atoms with van der Waals surface area (Å²) in [6, 6.07) is 9.59. The predicted octanol–water partition coefficient (Wildman–Crippen LogP) is 6.50. The second-order valence-corrected chi connectivity index (χ2v) is 15.6. The fraction of sp³-hybridized carbons (Fsp3) is 0.500. The van der Waals surface area contributed by atoms with Crippen molar-refractivity contribution in [3.63, 3.8) is 0 Å². The molecular formula is C40H43F2N5O3. The Labute approximate surface area is 291 Å². The molecule has 5 fully saturated rings. The first-order valence-corrected chi connectivity index (χ1v) is 18.1. The molecule has 1 aliphatic carbocycles. The number of hydrogen-bond acceptors (Lipinski definition) is 8. The van der Waals surface area contributed by atoms with Gasteiger partial charge in [-0.1, -0.05) is 25.8 Å². The van der Waals surface area contributed by atoms with Crippen LogP contribution >= 0.6 is 0 Å². The van der Waals surface area contributed by atoms with Gasteiger partial charge in [0.05, 0.1) is 25.4 Å². The van der Waals surface area contributed by atoms with Crippen LogP contribution in [0.3, 0.4) is 0 Å². The van der Waals surface area contributed by atoms with E-state index in [1.807, 2.05) is 19.9 Å². The highest BCUT2D eigenvalue weighted by Gasteiger charge is 2.49. The Morgan fingerprint density at radius 1 is 1.06 bits per heavy atom. The second-order valence-electron chi connectivity index (χ2n) is 15.6. The number of ether oxygens (including phenoxy) is 2. The summed E-state index contributed by atoms with van der Waals surface area (Å²) in [7, 11) is 0. The zero-order valence-electron chi connectivity index (χ0n) is 28.6. The van der Waals surface area contributed by atoms with Gasteiger partial charge in [-0.25, -0.2) is 8.78 Å². The Bertz CT molecular complexity index is 2030. The van der Waals surface area contributed by atoms with Crippen LogP contribution in [-0.4, -0.2) is 83.6 Å². The third-order valence-corrected chi connectivity index (χ3v) is 11.9. The van der Waals surface area contributed by atoms with Crippen LogP contribution in [0.2, 0.25) is 0 Å². The van der Waals surface area contributed by atoms with E-state index in [1.54, 1.807) is 6.07 Å². The van der Waals surface area contributed by atoms with Crippen molar-refractivity contribution in [3.8, 4) is 35.2 Å². The van der Waals surface area contributed by atoms with Gasteiger partial charge in [0.2, 0.25) is 0 Å². The molecule has 4 saturated heterocycles. The standard InChI is InChI=1S/C40H43F2N5O3/c1-4-29-33(41)10-5-23-13-28(48)14-31(34(23)29)35-30(22(2)3)15-32-37(36(35)42)44-39(45-38(32)46-16-24-6-7-25(17-46)43-24)50-21-40(11-12-40)20-47-26-8-9-27(47)19-49-18-26/h1,5,10,13-15,22,24-27,43,48H,6-9,11-12,16-21H2,2-3H3. The molecule has 4 aliphatic heterocycles. The van der Waals surface area contributed by atoms with Crippen molar-refractivity contribution in [2.24, 2.45) is 5.41 Å². The highest BCUT2D eigenvalue weighted by molar-refractivity contribution is 6.05. The number of hydrogen-bond donors (Lipinski definition) is 2. The highest BCUT2D eigenvalue weighted by Crippen LogP contribution is 2.49. The van der Waals surface area contributed by atoms with Gasteiger partial charge in [-0.05, 0) is 85.2 Å². The molecule has 1 saturated carbocycles. The third kappa shape index (κ3) is 5.37. The van der Waals surface area contributed by atoms with Crippen molar-refractivity contribution in [1.82, 2.24) is 20.2 Å². The Hall–Kier alpha value is -4.04. The summed E-state index contributed by atoms with van der Waals surface area (Å²) in [5, 5.41) is 16.0. The summed E-state index contributed by atoms with van der Waals surface area (Å²) in [6.07, 6.45) is 12.5. The third-order valence-electron chi connectivity index (χ3n) is 11.9. The lowest BCUT2D eigenvalue weighted by atomic mass is 9.86. The smallest absolute Gasteiger partial charge is 0.319 e. The fourth-order valence-electron chi connectivity index (χ4n) is 9.08. The fourth-order valence-corrected chi connectivity index (χ4v) is 9.08. The van der Waals surface area contributed by atoms with E-state index >= 15 is 8.78 Å². The van der Waals surface area contributed by atoms with Gasteiger partial charge in [-0.2, -0.15) is 9.97 Å². The molecule has 4 bridgehead atoms. The monoisotopic (exact) mass is 679 g/mol. The summed E-state index contributed by atoms with van der Waals surface area (Å²) >= 11 is 0. The topological polar surface area (TPSA) is 83.0 Å². The number of nitrogens with zero attached hydrogens (tertiary/aromatic N) is 4. The number of aromatic hydroxyl groups is 1. The minimum atomic E-state index is -0.577. The van der Waals surface area contributed by atoms with Crippen molar-refractivity contribution in [3.05, 3.63) is 53.1 Å². The van der Waals surface area contributed by atoms with E-state index in [2.05, 4.69) is 21.0 Å². The summed E-state index contributed by atoms with van der Waals surface area (Å²) in [5.41, 5.74) is 1.46.